The summed E-state index contributed by atoms with van der Waals surface area (Å²) in [6.07, 6.45) is 3.73. The molecule has 0 amide bonds. The number of aromatic nitrogens is 2. The first kappa shape index (κ1) is 23.7. The Labute approximate surface area is 206 Å². The molecule has 0 radical (unpaired) electrons. The van der Waals surface area contributed by atoms with Gasteiger partial charge in [0.15, 0.2) is 0 Å². The number of carboxylic acid groups (broad SMARTS) is 1. The predicted octanol–water partition coefficient (Wildman–Crippen LogP) is 3.88. The normalized spacial score (nSPS) is 20.6. The summed E-state index contributed by atoms with van der Waals surface area (Å²) in [5.41, 5.74) is 4.38. The van der Waals surface area contributed by atoms with E-state index < -0.39 is 17.5 Å². The van der Waals surface area contributed by atoms with Crippen molar-refractivity contribution in [3.05, 3.63) is 46.4 Å². The van der Waals surface area contributed by atoms with Gasteiger partial charge in [-0.3, -0.25) is 4.79 Å². The fourth-order valence-electron chi connectivity index (χ4n) is 5.84. The van der Waals surface area contributed by atoms with E-state index in [0.29, 0.717) is 5.92 Å². The minimum absolute atomic E-state index is 0.00431. The molecule has 3 heterocycles. The van der Waals surface area contributed by atoms with E-state index >= 15 is 0 Å². The van der Waals surface area contributed by atoms with Crippen molar-refractivity contribution in [1.82, 2.24) is 15.3 Å². The topological polar surface area (TPSA) is 105 Å². The lowest BCUT2D eigenvalue weighted by molar-refractivity contribution is -0.136. The largest absolute Gasteiger partial charge is 0.481 e. The average Bonchev–Trinajstić information content (AvgIpc) is 3.30. The van der Waals surface area contributed by atoms with Crippen LogP contribution in [0.15, 0.2) is 18.2 Å². The molecule has 5 rings (SSSR count). The Morgan fingerprint density at radius 1 is 1.23 bits per heavy atom. The summed E-state index contributed by atoms with van der Waals surface area (Å²) in [7, 11) is 0. The molecule has 2 aromatic rings. The van der Waals surface area contributed by atoms with Crippen molar-refractivity contribution >= 4 is 23.4 Å². The Kier molecular flexibility index (Phi) is 5.82. The van der Waals surface area contributed by atoms with E-state index in [-0.39, 0.29) is 17.7 Å². The Morgan fingerprint density at radius 2 is 1.97 bits per heavy atom. The summed E-state index contributed by atoms with van der Waals surface area (Å²) in [6, 6.07) is 6.01. The number of carboxylic acids is 1. The van der Waals surface area contributed by atoms with Crippen molar-refractivity contribution in [2.75, 3.05) is 24.5 Å². The van der Waals surface area contributed by atoms with Gasteiger partial charge in [0.25, 0.3) is 0 Å². The van der Waals surface area contributed by atoms with E-state index in [1.54, 1.807) is 0 Å². The van der Waals surface area contributed by atoms with Crippen molar-refractivity contribution in [2.24, 2.45) is 0 Å². The van der Waals surface area contributed by atoms with Crippen LogP contribution in [0, 0.1) is 0 Å². The van der Waals surface area contributed by atoms with E-state index in [4.69, 9.17) is 9.72 Å². The van der Waals surface area contributed by atoms with Crippen LogP contribution in [0.5, 0.6) is 0 Å². The van der Waals surface area contributed by atoms with Crippen LogP contribution in [0.25, 0.3) is 0 Å². The number of piperidine rings is 1. The molecule has 35 heavy (non-hydrogen) atoms. The first-order chi connectivity index (χ1) is 16.6. The number of hydrogen-bond donors (Lipinski definition) is 2. The standard InChI is InChI=1S/C27H34N4O4/c1-16-5-7-19-22(16)24(30-23(29-19)25(34)35-26(2,3)4)31-15-27(9-11-28-12-10-27)18-13-17(14-21(32)33)6-8-20(18)31/h6,8,13,16,28H,5,7,9-12,14-15H2,1-4H3,(H,32,33)/t16-/m1/s1. The highest BCUT2D eigenvalue weighted by Crippen LogP contribution is 2.51. The highest BCUT2D eigenvalue weighted by atomic mass is 16.6. The third-order valence-electron chi connectivity index (χ3n) is 7.45. The molecule has 0 saturated carbocycles. The fourth-order valence-corrected chi connectivity index (χ4v) is 5.84. The van der Waals surface area contributed by atoms with Gasteiger partial charge >= 0.3 is 11.9 Å². The average molecular weight is 479 g/mol. The maximum absolute atomic E-state index is 13.0. The van der Waals surface area contributed by atoms with Crippen LogP contribution >= 0.6 is 0 Å². The van der Waals surface area contributed by atoms with Gasteiger partial charge < -0.3 is 20.1 Å². The van der Waals surface area contributed by atoms with E-state index in [2.05, 4.69) is 28.2 Å². The van der Waals surface area contributed by atoms with Crippen LogP contribution in [0.4, 0.5) is 11.5 Å². The lowest BCUT2D eigenvalue weighted by Crippen LogP contribution is -2.42. The summed E-state index contributed by atoms with van der Waals surface area (Å²) in [5, 5.41) is 12.8. The molecule has 1 aromatic heterocycles. The number of aryl methyl sites for hydroxylation is 1. The number of rotatable bonds is 4. The van der Waals surface area contributed by atoms with Gasteiger partial charge in [0.05, 0.1) is 12.1 Å². The molecule has 1 spiro atoms. The van der Waals surface area contributed by atoms with Crippen LogP contribution in [0.1, 0.15) is 85.9 Å². The molecule has 0 unspecified atom stereocenters. The second-order valence-corrected chi connectivity index (χ2v) is 11.2. The summed E-state index contributed by atoms with van der Waals surface area (Å²) in [5.74, 6) is -0.133. The molecular formula is C27H34N4O4. The molecule has 8 heteroatoms. The van der Waals surface area contributed by atoms with Gasteiger partial charge in [-0.25, -0.2) is 14.8 Å². The zero-order chi connectivity index (χ0) is 25.0. The maximum Gasteiger partial charge on any atom is 0.376 e. The van der Waals surface area contributed by atoms with Crippen LogP contribution in [-0.4, -0.2) is 52.2 Å². The van der Waals surface area contributed by atoms with Crippen molar-refractivity contribution in [1.29, 1.82) is 0 Å². The van der Waals surface area contributed by atoms with E-state index in [9.17, 15) is 14.7 Å². The molecule has 1 saturated heterocycles. The van der Waals surface area contributed by atoms with Crippen LogP contribution in [-0.2, 0) is 27.8 Å². The number of benzene rings is 1. The van der Waals surface area contributed by atoms with Gasteiger partial charge in [-0.1, -0.05) is 19.1 Å². The summed E-state index contributed by atoms with van der Waals surface area (Å²) in [6.45, 7) is 10.3. The van der Waals surface area contributed by atoms with Crippen molar-refractivity contribution in [2.45, 2.75) is 76.7 Å². The fraction of sp³-hybridized carbons (Fsp3) is 0.556. The molecule has 8 nitrogen and oxygen atoms in total. The van der Waals surface area contributed by atoms with Crippen molar-refractivity contribution in [3.63, 3.8) is 0 Å². The number of esters is 1. The Balaban J connectivity index is 1.63. The molecule has 1 fully saturated rings. The van der Waals surface area contributed by atoms with Crippen molar-refractivity contribution < 1.29 is 19.4 Å². The number of nitrogens with one attached hydrogen (secondary N) is 1. The van der Waals surface area contributed by atoms with Crippen molar-refractivity contribution in [3.8, 4) is 0 Å². The molecule has 1 aromatic carbocycles. The molecule has 1 atom stereocenters. The molecule has 1 aliphatic carbocycles. The molecular weight excluding hydrogens is 444 g/mol. The summed E-state index contributed by atoms with van der Waals surface area (Å²) < 4.78 is 5.61. The van der Waals surface area contributed by atoms with Crippen LogP contribution in [0.3, 0.4) is 0 Å². The number of nitrogens with zero attached hydrogens (tertiary/aromatic N) is 3. The van der Waals surface area contributed by atoms with Gasteiger partial charge in [-0.15, -0.1) is 0 Å². The molecule has 2 N–H and O–H groups in total. The Hall–Kier alpha value is -3.00. The second-order valence-electron chi connectivity index (χ2n) is 11.2. The maximum atomic E-state index is 13.0. The van der Waals surface area contributed by atoms with Gasteiger partial charge in [-0.2, -0.15) is 0 Å². The van der Waals surface area contributed by atoms with Crippen LogP contribution < -0.4 is 10.2 Å². The Morgan fingerprint density at radius 3 is 2.66 bits per heavy atom. The number of ether oxygens (including phenoxy) is 1. The van der Waals surface area contributed by atoms with Crippen LogP contribution in [0.2, 0.25) is 0 Å². The number of carbonyl (C=O) groups is 2. The highest BCUT2D eigenvalue weighted by molar-refractivity contribution is 5.87. The number of fused-ring (bicyclic) bond motifs is 3. The molecule has 0 bridgehead atoms. The molecule has 3 aliphatic rings. The zero-order valence-corrected chi connectivity index (χ0v) is 21.0. The number of carbonyl (C=O) groups excluding carboxylic acids is 1. The van der Waals surface area contributed by atoms with Gasteiger partial charge in [-0.05, 0) is 82.7 Å². The van der Waals surface area contributed by atoms with Gasteiger partial charge in [0.2, 0.25) is 5.82 Å². The first-order valence-corrected chi connectivity index (χ1v) is 12.5. The molecule has 2 aliphatic heterocycles. The third-order valence-corrected chi connectivity index (χ3v) is 7.45. The summed E-state index contributed by atoms with van der Waals surface area (Å²) in [4.78, 5) is 36.1. The van der Waals surface area contributed by atoms with E-state index in [0.717, 1.165) is 73.6 Å². The smallest absolute Gasteiger partial charge is 0.376 e. The third kappa shape index (κ3) is 4.40. The minimum Gasteiger partial charge on any atom is -0.481 e. The first-order valence-electron chi connectivity index (χ1n) is 12.5. The number of hydrogen-bond acceptors (Lipinski definition) is 7. The highest BCUT2D eigenvalue weighted by Gasteiger charge is 2.46. The number of anilines is 2. The minimum atomic E-state index is -0.830. The monoisotopic (exact) mass is 478 g/mol. The van der Waals surface area contributed by atoms with E-state index in [1.165, 1.54) is 5.56 Å². The SMILES string of the molecule is C[C@@H]1CCc2nc(C(=O)OC(C)(C)C)nc(N3CC4(CCNCC4)c4cc(CC(=O)O)ccc43)c21. The quantitative estimate of drug-likeness (QED) is 0.638. The predicted molar refractivity (Wildman–Crippen MR) is 133 cm³/mol. The van der Waals surface area contributed by atoms with Gasteiger partial charge in [0, 0.05) is 23.2 Å². The number of aliphatic carboxylic acids is 1. The van der Waals surface area contributed by atoms with E-state index in [1.807, 2.05) is 32.9 Å². The summed E-state index contributed by atoms with van der Waals surface area (Å²) >= 11 is 0. The molecule has 186 valence electrons. The Bertz CT molecular complexity index is 1180. The zero-order valence-electron chi connectivity index (χ0n) is 21.0. The lowest BCUT2D eigenvalue weighted by atomic mass is 9.74. The second kappa shape index (κ2) is 8.59. The lowest BCUT2D eigenvalue weighted by Gasteiger charge is -2.35. The van der Waals surface area contributed by atoms with Gasteiger partial charge in [0.1, 0.15) is 11.4 Å².